The molecule has 0 aromatic heterocycles. The van der Waals surface area contributed by atoms with Crippen LogP contribution in [0.3, 0.4) is 0 Å². The number of rotatable bonds is 4. The van der Waals surface area contributed by atoms with Gasteiger partial charge in [0.25, 0.3) is 0 Å². The molecule has 1 fully saturated rings. The number of nitrogens with zero attached hydrogens (tertiary/aromatic N) is 1. The van der Waals surface area contributed by atoms with Gasteiger partial charge in [0.05, 0.1) is 5.75 Å². The molecule has 1 rings (SSSR count). The van der Waals surface area contributed by atoms with Crippen LogP contribution in [0.5, 0.6) is 0 Å². The average molecular weight is 268 g/mol. The summed E-state index contributed by atoms with van der Waals surface area (Å²) >= 11 is 5.56. The topological polar surface area (TPSA) is 37.4 Å². The third kappa shape index (κ3) is 3.34. The molecule has 0 saturated carbocycles. The molecular formula is C11H22ClNO2S. The molecule has 0 aromatic rings. The first-order valence-corrected chi connectivity index (χ1v) is 8.08. The third-order valence-electron chi connectivity index (χ3n) is 3.44. The Labute approximate surface area is 104 Å². The maximum Gasteiger partial charge on any atom is 0.214 e. The van der Waals surface area contributed by atoms with Gasteiger partial charge in [0.1, 0.15) is 0 Å². The fraction of sp³-hybridized carbons (Fsp3) is 1.00. The van der Waals surface area contributed by atoms with Crippen LogP contribution in [0.4, 0.5) is 0 Å². The zero-order valence-corrected chi connectivity index (χ0v) is 11.9. The quantitative estimate of drug-likeness (QED) is 0.733. The Hall–Kier alpha value is 0.200. The monoisotopic (exact) mass is 267 g/mol. The first kappa shape index (κ1) is 14.3. The highest BCUT2D eigenvalue weighted by Crippen LogP contribution is 2.29. The zero-order valence-electron chi connectivity index (χ0n) is 10.3. The van der Waals surface area contributed by atoms with Gasteiger partial charge in [-0.25, -0.2) is 8.42 Å². The van der Waals surface area contributed by atoms with Crippen LogP contribution in [0.2, 0.25) is 0 Å². The van der Waals surface area contributed by atoms with Crippen molar-refractivity contribution in [2.24, 2.45) is 11.8 Å². The molecule has 0 N–H and O–H groups in total. The van der Waals surface area contributed by atoms with Gasteiger partial charge in [0.15, 0.2) is 0 Å². The second-order valence-corrected chi connectivity index (χ2v) is 7.41. The number of sulfonamides is 1. The molecule has 1 aliphatic rings. The van der Waals surface area contributed by atoms with Crippen LogP contribution >= 0.6 is 11.6 Å². The van der Waals surface area contributed by atoms with Gasteiger partial charge >= 0.3 is 0 Å². The van der Waals surface area contributed by atoms with E-state index in [1.807, 2.05) is 6.92 Å². The minimum Gasteiger partial charge on any atom is -0.212 e. The smallest absolute Gasteiger partial charge is 0.212 e. The summed E-state index contributed by atoms with van der Waals surface area (Å²) in [6, 6.07) is 0.122. The SMILES string of the molecule is CC1CC(C)C(C)N(S(=O)(=O)CCCCl)C1. The summed E-state index contributed by atoms with van der Waals surface area (Å²) in [5.74, 6) is 1.49. The van der Waals surface area contributed by atoms with Crippen LogP contribution in [0.1, 0.15) is 33.6 Å². The molecule has 1 saturated heterocycles. The van der Waals surface area contributed by atoms with Crippen molar-refractivity contribution < 1.29 is 8.42 Å². The maximum atomic E-state index is 12.1. The van der Waals surface area contributed by atoms with E-state index >= 15 is 0 Å². The molecule has 3 atom stereocenters. The lowest BCUT2D eigenvalue weighted by Crippen LogP contribution is -2.49. The fourth-order valence-electron chi connectivity index (χ4n) is 2.38. The number of alkyl halides is 1. The lowest BCUT2D eigenvalue weighted by atomic mass is 9.88. The van der Waals surface area contributed by atoms with Crippen LogP contribution in [0.25, 0.3) is 0 Å². The first-order chi connectivity index (χ1) is 7.38. The van der Waals surface area contributed by atoms with Crippen molar-refractivity contribution in [1.82, 2.24) is 4.31 Å². The molecule has 3 nitrogen and oxygen atoms in total. The van der Waals surface area contributed by atoms with Crippen molar-refractivity contribution >= 4 is 21.6 Å². The first-order valence-electron chi connectivity index (χ1n) is 5.94. The lowest BCUT2D eigenvalue weighted by molar-refractivity contribution is 0.157. The summed E-state index contributed by atoms with van der Waals surface area (Å²) in [5, 5.41) is 0. The number of piperidine rings is 1. The predicted octanol–water partition coefficient (Wildman–Crippen LogP) is 2.31. The lowest BCUT2D eigenvalue weighted by Gasteiger charge is -2.40. The molecule has 16 heavy (non-hydrogen) atoms. The van der Waals surface area contributed by atoms with Crippen LogP contribution in [-0.4, -0.2) is 36.9 Å². The Morgan fingerprint density at radius 2 is 1.94 bits per heavy atom. The van der Waals surface area contributed by atoms with Gasteiger partial charge in [-0.2, -0.15) is 4.31 Å². The largest absolute Gasteiger partial charge is 0.214 e. The second kappa shape index (κ2) is 5.69. The van der Waals surface area contributed by atoms with E-state index in [9.17, 15) is 8.42 Å². The highest BCUT2D eigenvalue weighted by Gasteiger charge is 2.35. The van der Waals surface area contributed by atoms with E-state index in [1.54, 1.807) is 4.31 Å². The minimum absolute atomic E-state index is 0.122. The zero-order chi connectivity index (χ0) is 12.3. The van der Waals surface area contributed by atoms with Crippen LogP contribution in [0.15, 0.2) is 0 Å². The molecule has 96 valence electrons. The van der Waals surface area contributed by atoms with Gasteiger partial charge in [-0.3, -0.25) is 0 Å². The van der Waals surface area contributed by atoms with E-state index in [1.165, 1.54) is 0 Å². The third-order valence-corrected chi connectivity index (χ3v) is 5.70. The van der Waals surface area contributed by atoms with E-state index in [-0.39, 0.29) is 11.8 Å². The van der Waals surface area contributed by atoms with E-state index in [0.29, 0.717) is 30.7 Å². The summed E-state index contributed by atoms with van der Waals surface area (Å²) in [5.41, 5.74) is 0. The van der Waals surface area contributed by atoms with E-state index in [2.05, 4.69) is 13.8 Å². The molecular weight excluding hydrogens is 246 g/mol. The summed E-state index contributed by atoms with van der Waals surface area (Å²) in [6.07, 6.45) is 1.65. The Kier molecular flexibility index (Phi) is 5.08. The van der Waals surface area contributed by atoms with Gasteiger partial charge in [-0.05, 0) is 31.6 Å². The van der Waals surface area contributed by atoms with Crippen molar-refractivity contribution in [3.8, 4) is 0 Å². The fourth-order valence-corrected chi connectivity index (χ4v) is 4.62. The maximum absolute atomic E-state index is 12.1. The number of halogens is 1. The Morgan fingerprint density at radius 1 is 1.31 bits per heavy atom. The molecule has 0 spiro atoms. The molecule has 3 unspecified atom stereocenters. The Morgan fingerprint density at radius 3 is 2.50 bits per heavy atom. The summed E-state index contributed by atoms with van der Waals surface area (Å²) in [7, 11) is -3.11. The minimum atomic E-state index is -3.11. The molecule has 5 heteroatoms. The molecule has 1 aliphatic heterocycles. The van der Waals surface area contributed by atoms with Crippen molar-refractivity contribution in [3.05, 3.63) is 0 Å². The average Bonchev–Trinajstić information content (AvgIpc) is 2.20. The van der Waals surface area contributed by atoms with Crippen molar-refractivity contribution in [1.29, 1.82) is 0 Å². The summed E-state index contributed by atoms with van der Waals surface area (Å²) < 4.78 is 25.9. The summed E-state index contributed by atoms with van der Waals surface area (Å²) in [6.45, 7) is 6.92. The van der Waals surface area contributed by atoms with Crippen molar-refractivity contribution in [2.75, 3.05) is 18.2 Å². The summed E-state index contributed by atoms with van der Waals surface area (Å²) in [4.78, 5) is 0. The van der Waals surface area contributed by atoms with Crippen LogP contribution in [-0.2, 0) is 10.0 Å². The van der Waals surface area contributed by atoms with Crippen LogP contribution < -0.4 is 0 Å². The highest BCUT2D eigenvalue weighted by atomic mass is 35.5. The molecule has 0 amide bonds. The molecule has 0 bridgehead atoms. The molecule has 0 aromatic carbocycles. The van der Waals surface area contributed by atoms with Gasteiger partial charge in [0, 0.05) is 18.5 Å². The van der Waals surface area contributed by atoms with Crippen LogP contribution in [0, 0.1) is 11.8 Å². The molecule has 0 aliphatic carbocycles. The van der Waals surface area contributed by atoms with Crippen molar-refractivity contribution in [3.63, 3.8) is 0 Å². The van der Waals surface area contributed by atoms with Crippen molar-refractivity contribution in [2.45, 2.75) is 39.7 Å². The standard InChI is InChI=1S/C11H22ClNO2S/c1-9-7-10(2)11(3)13(8-9)16(14,15)6-4-5-12/h9-11H,4-8H2,1-3H3. The predicted molar refractivity (Wildman–Crippen MR) is 68.2 cm³/mol. The normalized spacial score (nSPS) is 32.9. The van der Waals surface area contributed by atoms with Gasteiger partial charge in [0.2, 0.25) is 10.0 Å². The molecule has 0 radical (unpaired) electrons. The highest BCUT2D eigenvalue weighted by molar-refractivity contribution is 7.89. The van der Waals surface area contributed by atoms with E-state index < -0.39 is 10.0 Å². The van der Waals surface area contributed by atoms with E-state index in [0.717, 1.165) is 6.42 Å². The Balaban J connectivity index is 2.76. The van der Waals surface area contributed by atoms with E-state index in [4.69, 9.17) is 11.6 Å². The van der Waals surface area contributed by atoms with Gasteiger partial charge < -0.3 is 0 Å². The second-order valence-electron chi connectivity index (χ2n) is 4.99. The van der Waals surface area contributed by atoms with Gasteiger partial charge in [-0.15, -0.1) is 11.6 Å². The number of hydrogen-bond donors (Lipinski definition) is 0. The molecule has 1 heterocycles. The number of hydrogen-bond acceptors (Lipinski definition) is 2. The van der Waals surface area contributed by atoms with Gasteiger partial charge in [-0.1, -0.05) is 13.8 Å². The Bertz CT molecular complexity index is 318.